The molecule has 1 atom stereocenters. The maximum atomic E-state index is 13.3. The number of nitrogens with two attached hydrogens (primary N) is 1. The van der Waals surface area contributed by atoms with Gasteiger partial charge in [-0.15, -0.1) is 0 Å². The van der Waals surface area contributed by atoms with Crippen molar-refractivity contribution in [3.8, 4) is 11.1 Å². The molecule has 1 saturated carbocycles. The van der Waals surface area contributed by atoms with Crippen LogP contribution in [-0.2, 0) is 9.53 Å². The molecule has 0 bridgehead atoms. The molecule has 2 aliphatic carbocycles. The molecule has 2 aliphatic rings. The number of rotatable bonds is 11. The Kier molecular flexibility index (Phi) is 9.50. The number of unbranched alkanes of at least 4 members (excludes halogenated alkanes) is 2. The van der Waals surface area contributed by atoms with Gasteiger partial charge in [0.15, 0.2) is 0 Å². The third kappa shape index (κ3) is 6.73. The van der Waals surface area contributed by atoms with Gasteiger partial charge in [0.25, 0.3) is 0 Å². The van der Waals surface area contributed by atoms with E-state index < -0.39 is 12.1 Å². The Bertz CT molecular complexity index is 1240. The van der Waals surface area contributed by atoms with Crippen molar-refractivity contribution >= 4 is 17.7 Å². The molecule has 0 spiro atoms. The molecule has 6 heteroatoms. The first-order chi connectivity index (χ1) is 19.6. The molecule has 1 fully saturated rings. The van der Waals surface area contributed by atoms with Gasteiger partial charge in [0.1, 0.15) is 12.6 Å². The van der Waals surface area contributed by atoms with E-state index in [9.17, 15) is 9.59 Å². The molecule has 5 rings (SSSR count). The van der Waals surface area contributed by atoms with Crippen molar-refractivity contribution < 1.29 is 14.3 Å². The number of nitrogens with one attached hydrogen (secondary N) is 2. The van der Waals surface area contributed by atoms with Crippen LogP contribution in [0.4, 0.5) is 10.5 Å². The van der Waals surface area contributed by atoms with E-state index in [0.717, 1.165) is 36.1 Å². The Hall–Kier alpha value is -3.64. The zero-order chi connectivity index (χ0) is 27.7. The van der Waals surface area contributed by atoms with E-state index in [-0.39, 0.29) is 18.4 Å². The Labute approximate surface area is 237 Å². The average molecular weight is 540 g/mol. The first-order valence-corrected chi connectivity index (χ1v) is 14.9. The van der Waals surface area contributed by atoms with Gasteiger partial charge in [0.05, 0.1) is 0 Å². The van der Waals surface area contributed by atoms with Crippen LogP contribution in [0.2, 0.25) is 0 Å². The van der Waals surface area contributed by atoms with E-state index in [1.54, 1.807) is 0 Å². The van der Waals surface area contributed by atoms with Gasteiger partial charge in [-0.1, -0.05) is 92.8 Å². The first kappa shape index (κ1) is 27.9. The van der Waals surface area contributed by atoms with Crippen LogP contribution in [0.5, 0.6) is 0 Å². The quantitative estimate of drug-likeness (QED) is 0.227. The van der Waals surface area contributed by atoms with Crippen molar-refractivity contribution in [1.29, 1.82) is 0 Å². The zero-order valence-electron chi connectivity index (χ0n) is 23.2. The van der Waals surface area contributed by atoms with Crippen molar-refractivity contribution in [2.24, 2.45) is 5.73 Å². The minimum atomic E-state index is -0.688. The molecular formula is C34H41N3O3. The summed E-state index contributed by atoms with van der Waals surface area (Å²) >= 11 is 0. The standard InChI is InChI=1S/C34H41N3O3/c35-22-10-2-5-17-32(33(38)36-26-20-18-25(19-21-26)24-11-3-1-4-12-24)37-34(39)40-23-31-29-15-8-6-13-27(29)28-14-7-9-16-30(28)31/h6-9,13-16,18-21,24,31-32H,1-5,10-12,17,22-23,35H2,(H,36,38)(H,37,39)/t32-/m0/s1. The molecule has 0 saturated heterocycles. The second-order valence-electron chi connectivity index (χ2n) is 11.1. The number of amides is 2. The SMILES string of the molecule is NCCCCC[C@H](NC(=O)OCC1c2ccccc2-c2ccccc21)C(=O)Nc1ccc(C2CCCCC2)cc1. The lowest BCUT2D eigenvalue weighted by molar-refractivity contribution is -0.118. The molecule has 3 aromatic rings. The average Bonchev–Trinajstić information content (AvgIpc) is 3.32. The smallest absolute Gasteiger partial charge is 0.407 e. The molecule has 3 aromatic carbocycles. The second-order valence-corrected chi connectivity index (χ2v) is 11.1. The van der Waals surface area contributed by atoms with Gasteiger partial charge in [0, 0.05) is 11.6 Å². The summed E-state index contributed by atoms with van der Waals surface area (Å²) in [6.07, 6.45) is 8.91. The Balaban J connectivity index is 1.20. The third-order valence-corrected chi connectivity index (χ3v) is 8.40. The highest BCUT2D eigenvalue weighted by Crippen LogP contribution is 2.44. The van der Waals surface area contributed by atoms with Gasteiger partial charge >= 0.3 is 6.09 Å². The van der Waals surface area contributed by atoms with Crippen molar-refractivity contribution in [2.75, 3.05) is 18.5 Å². The molecule has 2 amide bonds. The van der Waals surface area contributed by atoms with Gasteiger partial charge in [-0.05, 0) is 78.1 Å². The van der Waals surface area contributed by atoms with E-state index in [0.29, 0.717) is 18.9 Å². The Morgan fingerprint density at radius 1 is 0.825 bits per heavy atom. The summed E-state index contributed by atoms with van der Waals surface area (Å²) in [6.45, 7) is 0.827. The minimum Gasteiger partial charge on any atom is -0.449 e. The number of ether oxygens (including phenoxy) is 1. The normalized spacial score (nSPS) is 15.6. The van der Waals surface area contributed by atoms with E-state index in [2.05, 4.69) is 47.0 Å². The van der Waals surface area contributed by atoms with E-state index in [1.165, 1.54) is 48.8 Å². The molecule has 0 radical (unpaired) electrons. The molecule has 210 valence electrons. The lowest BCUT2D eigenvalue weighted by atomic mass is 9.84. The molecule has 0 aromatic heterocycles. The Morgan fingerprint density at radius 3 is 2.12 bits per heavy atom. The highest BCUT2D eigenvalue weighted by atomic mass is 16.5. The number of hydrogen-bond donors (Lipinski definition) is 3. The van der Waals surface area contributed by atoms with Gasteiger partial charge in [-0.25, -0.2) is 4.79 Å². The summed E-state index contributed by atoms with van der Waals surface area (Å²) in [4.78, 5) is 26.2. The predicted octanol–water partition coefficient (Wildman–Crippen LogP) is 7.10. The van der Waals surface area contributed by atoms with Crippen molar-refractivity contribution in [3.63, 3.8) is 0 Å². The predicted molar refractivity (Wildman–Crippen MR) is 160 cm³/mol. The van der Waals surface area contributed by atoms with E-state index >= 15 is 0 Å². The highest BCUT2D eigenvalue weighted by Gasteiger charge is 2.30. The summed E-state index contributed by atoms with van der Waals surface area (Å²) in [5.41, 5.74) is 12.4. The molecule has 40 heavy (non-hydrogen) atoms. The molecule has 0 heterocycles. The fourth-order valence-electron chi connectivity index (χ4n) is 6.22. The summed E-state index contributed by atoms with van der Waals surface area (Å²) in [7, 11) is 0. The minimum absolute atomic E-state index is 0.0299. The summed E-state index contributed by atoms with van der Waals surface area (Å²) in [6, 6.07) is 24.0. The number of alkyl carbamates (subject to hydrolysis) is 1. The topological polar surface area (TPSA) is 93.4 Å². The monoisotopic (exact) mass is 539 g/mol. The Morgan fingerprint density at radius 2 is 1.48 bits per heavy atom. The molecule has 0 aliphatic heterocycles. The van der Waals surface area contributed by atoms with E-state index in [1.807, 2.05) is 36.4 Å². The largest absolute Gasteiger partial charge is 0.449 e. The van der Waals surface area contributed by atoms with Crippen LogP contribution >= 0.6 is 0 Å². The lowest BCUT2D eigenvalue weighted by Gasteiger charge is -2.22. The zero-order valence-corrected chi connectivity index (χ0v) is 23.2. The lowest BCUT2D eigenvalue weighted by Crippen LogP contribution is -2.44. The van der Waals surface area contributed by atoms with Gasteiger partial charge in [0.2, 0.25) is 5.91 Å². The van der Waals surface area contributed by atoms with Crippen LogP contribution in [0, 0.1) is 0 Å². The molecular weight excluding hydrogens is 498 g/mol. The number of carbonyl (C=O) groups is 2. The second kappa shape index (κ2) is 13.6. The fraction of sp³-hybridized carbons (Fsp3) is 0.412. The van der Waals surface area contributed by atoms with Crippen LogP contribution in [0.15, 0.2) is 72.8 Å². The summed E-state index contributed by atoms with van der Waals surface area (Å²) in [5.74, 6) is 0.355. The van der Waals surface area contributed by atoms with Crippen LogP contribution in [0.3, 0.4) is 0 Å². The fourth-order valence-corrected chi connectivity index (χ4v) is 6.22. The first-order valence-electron chi connectivity index (χ1n) is 14.9. The van der Waals surface area contributed by atoms with E-state index in [4.69, 9.17) is 10.5 Å². The maximum absolute atomic E-state index is 13.3. The van der Waals surface area contributed by atoms with Crippen LogP contribution in [0.25, 0.3) is 11.1 Å². The number of fused-ring (bicyclic) bond motifs is 3. The number of anilines is 1. The summed E-state index contributed by atoms with van der Waals surface area (Å²) in [5, 5.41) is 5.85. The number of carbonyl (C=O) groups excluding carboxylic acids is 2. The summed E-state index contributed by atoms with van der Waals surface area (Å²) < 4.78 is 5.73. The van der Waals surface area contributed by atoms with Crippen molar-refractivity contribution in [2.45, 2.75) is 75.7 Å². The van der Waals surface area contributed by atoms with Crippen molar-refractivity contribution in [1.82, 2.24) is 5.32 Å². The third-order valence-electron chi connectivity index (χ3n) is 8.40. The van der Waals surface area contributed by atoms with Crippen molar-refractivity contribution in [3.05, 3.63) is 89.5 Å². The van der Waals surface area contributed by atoms with Gasteiger partial charge in [-0.2, -0.15) is 0 Å². The van der Waals surface area contributed by atoms with Crippen LogP contribution < -0.4 is 16.4 Å². The maximum Gasteiger partial charge on any atom is 0.407 e. The number of hydrogen-bond acceptors (Lipinski definition) is 4. The molecule has 6 nitrogen and oxygen atoms in total. The molecule has 0 unspecified atom stereocenters. The highest BCUT2D eigenvalue weighted by molar-refractivity contribution is 5.96. The molecule has 4 N–H and O–H groups in total. The number of benzene rings is 3. The van der Waals surface area contributed by atoms with Gasteiger partial charge < -0.3 is 21.1 Å². The van der Waals surface area contributed by atoms with Crippen LogP contribution in [-0.4, -0.2) is 31.2 Å². The van der Waals surface area contributed by atoms with Gasteiger partial charge in [-0.3, -0.25) is 4.79 Å². The van der Waals surface area contributed by atoms with Crippen LogP contribution in [0.1, 0.15) is 86.3 Å².